The summed E-state index contributed by atoms with van der Waals surface area (Å²) in [6.07, 6.45) is 5.34. The fourth-order valence-electron chi connectivity index (χ4n) is 2.41. The van der Waals surface area contributed by atoms with Crippen LogP contribution in [0.3, 0.4) is 0 Å². The fourth-order valence-corrected chi connectivity index (χ4v) is 2.41. The molecule has 1 amide bonds. The van der Waals surface area contributed by atoms with Gasteiger partial charge in [-0.2, -0.15) is 0 Å². The van der Waals surface area contributed by atoms with Gasteiger partial charge in [0.25, 0.3) is 0 Å². The third kappa shape index (κ3) is 4.99. The highest BCUT2D eigenvalue weighted by Gasteiger charge is 2.21. The number of nitrogens with zero attached hydrogens (tertiary/aromatic N) is 1. The van der Waals surface area contributed by atoms with Crippen molar-refractivity contribution in [1.82, 2.24) is 4.90 Å². The van der Waals surface area contributed by atoms with Crippen molar-refractivity contribution in [2.45, 2.75) is 25.9 Å². The van der Waals surface area contributed by atoms with E-state index in [0.717, 1.165) is 18.4 Å². The van der Waals surface area contributed by atoms with Gasteiger partial charge in [0.1, 0.15) is 0 Å². The van der Waals surface area contributed by atoms with Crippen LogP contribution in [0.1, 0.15) is 24.0 Å². The Bertz CT molecular complexity index is 473. The number of aryl methyl sites for hydroxylation is 1. The van der Waals surface area contributed by atoms with Crippen LogP contribution in [0.4, 0.5) is 0 Å². The molecule has 114 valence electrons. The zero-order valence-corrected chi connectivity index (χ0v) is 12.5. The van der Waals surface area contributed by atoms with Crippen LogP contribution < -0.4 is 0 Å². The van der Waals surface area contributed by atoms with E-state index in [1.165, 1.54) is 5.56 Å². The molecule has 0 saturated carbocycles. The number of benzene rings is 1. The number of hydrogen-bond acceptors (Lipinski definition) is 3. The van der Waals surface area contributed by atoms with E-state index in [4.69, 9.17) is 9.84 Å². The molecule has 0 aliphatic carbocycles. The lowest BCUT2D eigenvalue weighted by Gasteiger charge is -2.31. The molecule has 0 spiro atoms. The minimum Gasteiger partial charge on any atom is -0.394 e. The highest BCUT2D eigenvalue weighted by Crippen LogP contribution is 2.14. The summed E-state index contributed by atoms with van der Waals surface area (Å²) < 4.78 is 5.49. The number of hydrogen-bond donors (Lipinski definition) is 1. The summed E-state index contributed by atoms with van der Waals surface area (Å²) in [7, 11) is 0. The van der Waals surface area contributed by atoms with Crippen LogP contribution in [-0.2, 0) is 9.53 Å². The smallest absolute Gasteiger partial charge is 0.246 e. The number of likely N-dealkylation sites (tertiary alicyclic amines) is 1. The third-order valence-electron chi connectivity index (χ3n) is 3.69. The maximum atomic E-state index is 12.1. The monoisotopic (exact) mass is 289 g/mol. The first-order chi connectivity index (χ1) is 10.2. The topological polar surface area (TPSA) is 49.8 Å². The molecule has 0 unspecified atom stereocenters. The lowest BCUT2D eigenvalue weighted by atomic mass is 10.1. The Morgan fingerprint density at radius 1 is 1.33 bits per heavy atom. The summed E-state index contributed by atoms with van der Waals surface area (Å²) in [4.78, 5) is 14.0. The number of carbonyl (C=O) groups is 1. The van der Waals surface area contributed by atoms with Gasteiger partial charge in [0.15, 0.2) is 0 Å². The number of ether oxygens (including phenoxy) is 1. The quantitative estimate of drug-likeness (QED) is 0.844. The van der Waals surface area contributed by atoms with Crippen LogP contribution in [0.15, 0.2) is 30.3 Å². The van der Waals surface area contributed by atoms with Crippen molar-refractivity contribution in [2.75, 3.05) is 26.3 Å². The molecule has 1 saturated heterocycles. The van der Waals surface area contributed by atoms with E-state index < -0.39 is 0 Å². The van der Waals surface area contributed by atoms with Gasteiger partial charge in [0.2, 0.25) is 5.91 Å². The summed E-state index contributed by atoms with van der Waals surface area (Å²) >= 11 is 0. The molecule has 1 aliphatic heterocycles. The summed E-state index contributed by atoms with van der Waals surface area (Å²) in [6.45, 7) is 3.91. The number of rotatable bonds is 5. The Hall–Kier alpha value is -1.65. The molecule has 1 fully saturated rings. The molecule has 4 heteroatoms. The van der Waals surface area contributed by atoms with Crippen LogP contribution in [0.25, 0.3) is 6.08 Å². The summed E-state index contributed by atoms with van der Waals surface area (Å²) in [6, 6.07) is 8.09. The Labute approximate surface area is 126 Å². The van der Waals surface area contributed by atoms with E-state index >= 15 is 0 Å². The van der Waals surface area contributed by atoms with Gasteiger partial charge in [-0.1, -0.05) is 29.8 Å². The van der Waals surface area contributed by atoms with Crippen molar-refractivity contribution in [1.29, 1.82) is 0 Å². The molecule has 4 nitrogen and oxygen atoms in total. The van der Waals surface area contributed by atoms with Gasteiger partial charge in [-0.05, 0) is 31.4 Å². The molecule has 0 radical (unpaired) electrons. The molecule has 0 atom stereocenters. The molecule has 1 aliphatic rings. The molecule has 0 aromatic heterocycles. The molecule has 1 heterocycles. The second kappa shape index (κ2) is 7.96. The summed E-state index contributed by atoms with van der Waals surface area (Å²) in [5.41, 5.74) is 2.25. The first-order valence-electron chi connectivity index (χ1n) is 7.45. The average Bonchev–Trinajstić information content (AvgIpc) is 2.52. The van der Waals surface area contributed by atoms with Gasteiger partial charge < -0.3 is 14.7 Å². The standard InChI is InChI=1S/C17H23NO3/c1-14-2-4-15(5-3-14)6-7-17(20)18-10-8-16(9-11-18)21-13-12-19/h2-7,16,19H,8-13H2,1H3/b7-6+. The zero-order chi connectivity index (χ0) is 15.1. The van der Waals surface area contributed by atoms with E-state index in [-0.39, 0.29) is 18.6 Å². The number of amides is 1. The SMILES string of the molecule is Cc1ccc(/C=C/C(=O)N2CCC(OCCO)CC2)cc1. The van der Waals surface area contributed by atoms with Crippen molar-refractivity contribution in [2.24, 2.45) is 0 Å². The van der Waals surface area contributed by atoms with E-state index in [1.807, 2.05) is 42.2 Å². The van der Waals surface area contributed by atoms with Gasteiger partial charge in [-0.15, -0.1) is 0 Å². The lowest BCUT2D eigenvalue weighted by molar-refractivity contribution is -0.128. The largest absolute Gasteiger partial charge is 0.394 e. The summed E-state index contributed by atoms with van der Waals surface area (Å²) in [5, 5.41) is 8.73. The van der Waals surface area contributed by atoms with E-state index in [2.05, 4.69) is 0 Å². The summed E-state index contributed by atoms with van der Waals surface area (Å²) in [5.74, 6) is 0.0520. The lowest BCUT2D eigenvalue weighted by Crippen LogP contribution is -2.40. The zero-order valence-electron chi connectivity index (χ0n) is 12.5. The minimum atomic E-state index is 0.0520. The van der Waals surface area contributed by atoms with Gasteiger partial charge in [0.05, 0.1) is 19.3 Å². The first-order valence-corrected chi connectivity index (χ1v) is 7.45. The minimum absolute atomic E-state index is 0.0520. The Balaban J connectivity index is 1.80. The van der Waals surface area contributed by atoms with Crippen LogP contribution in [0.5, 0.6) is 0 Å². The second-order valence-corrected chi connectivity index (χ2v) is 5.36. The maximum absolute atomic E-state index is 12.1. The Morgan fingerprint density at radius 2 is 2.00 bits per heavy atom. The maximum Gasteiger partial charge on any atom is 0.246 e. The molecule has 1 aromatic carbocycles. The number of carbonyl (C=O) groups excluding carboxylic acids is 1. The second-order valence-electron chi connectivity index (χ2n) is 5.36. The first kappa shape index (κ1) is 15.7. The number of piperidine rings is 1. The van der Waals surface area contributed by atoms with Crippen molar-refractivity contribution >= 4 is 12.0 Å². The van der Waals surface area contributed by atoms with Crippen LogP contribution in [-0.4, -0.2) is 48.3 Å². The Kier molecular flexibility index (Phi) is 5.96. The van der Waals surface area contributed by atoms with Gasteiger partial charge in [-0.3, -0.25) is 4.79 Å². The van der Waals surface area contributed by atoms with Crippen LogP contribution >= 0.6 is 0 Å². The predicted octanol–water partition coefficient (Wildman–Crippen LogP) is 2.01. The van der Waals surface area contributed by atoms with Crippen molar-refractivity contribution in [3.63, 3.8) is 0 Å². The normalized spacial score (nSPS) is 16.6. The van der Waals surface area contributed by atoms with Crippen molar-refractivity contribution in [3.05, 3.63) is 41.5 Å². The van der Waals surface area contributed by atoms with Gasteiger partial charge in [0, 0.05) is 19.2 Å². The van der Waals surface area contributed by atoms with Crippen molar-refractivity contribution < 1.29 is 14.6 Å². The van der Waals surface area contributed by atoms with Gasteiger partial charge in [-0.25, -0.2) is 0 Å². The van der Waals surface area contributed by atoms with Crippen LogP contribution in [0.2, 0.25) is 0 Å². The molecule has 1 N–H and O–H groups in total. The average molecular weight is 289 g/mol. The Morgan fingerprint density at radius 3 is 2.62 bits per heavy atom. The van der Waals surface area contributed by atoms with E-state index in [9.17, 15) is 4.79 Å². The predicted molar refractivity (Wildman–Crippen MR) is 82.9 cm³/mol. The van der Waals surface area contributed by atoms with Crippen LogP contribution in [0, 0.1) is 6.92 Å². The van der Waals surface area contributed by atoms with Crippen molar-refractivity contribution in [3.8, 4) is 0 Å². The third-order valence-corrected chi connectivity index (χ3v) is 3.69. The van der Waals surface area contributed by atoms with E-state index in [1.54, 1.807) is 6.08 Å². The molecule has 1 aromatic rings. The van der Waals surface area contributed by atoms with Gasteiger partial charge >= 0.3 is 0 Å². The number of aliphatic hydroxyl groups excluding tert-OH is 1. The molecular weight excluding hydrogens is 266 g/mol. The number of aliphatic hydroxyl groups is 1. The van der Waals surface area contributed by atoms with E-state index in [0.29, 0.717) is 19.7 Å². The molecule has 0 bridgehead atoms. The molecular formula is C17H23NO3. The highest BCUT2D eigenvalue weighted by atomic mass is 16.5. The fraction of sp³-hybridized carbons (Fsp3) is 0.471. The highest BCUT2D eigenvalue weighted by molar-refractivity contribution is 5.91. The molecule has 21 heavy (non-hydrogen) atoms. The molecule has 2 rings (SSSR count).